The average molecular weight is 188 g/mol. The maximum atomic E-state index is 11.0. The monoisotopic (exact) mass is 188 g/mol. The van der Waals surface area contributed by atoms with Crippen molar-refractivity contribution < 1.29 is 19.7 Å². The number of hydrogen-bond donors (Lipinski definition) is 2. The topological polar surface area (TPSA) is 66.8 Å². The molecule has 0 radical (unpaired) electrons. The minimum Gasteiger partial charge on any atom is -0.462 e. The third kappa shape index (κ3) is 3.32. The highest BCUT2D eigenvalue weighted by atomic mass is 16.5. The first-order valence-corrected chi connectivity index (χ1v) is 4.56. The fourth-order valence-corrected chi connectivity index (χ4v) is 1.62. The molecule has 1 aliphatic heterocycles. The summed E-state index contributed by atoms with van der Waals surface area (Å²) < 4.78 is 5.01. The zero-order chi connectivity index (χ0) is 9.90. The molecule has 2 atom stereocenters. The Morgan fingerprint density at radius 2 is 2.38 bits per heavy atom. The Bertz CT molecular complexity index is 188. The van der Waals surface area contributed by atoms with Crippen LogP contribution >= 0.6 is 0 Å². The van der Waals surface area contributed by atoms with E-state index in [0.29, 0.717) is 19.3 Å². The van der Waals surface area contributed by atoms with E-state index in [1.54, 1.807) is 6.92 Å². The fraction of sp³-hybridized carbons (Fsp3) is 0.889. The molecule has 4 heteroatoms. The predicted octanol–water partition coefficient (Wildman–Crippen LogP) is 0.215. The highest BCUT2D eigenvalue weighted by molar-refractivity contribution is 5.71. The van der Waals surface area contributed by atoms with Crippen molar-refractivity contribution in [3.05, 3.63) is 0 Å². The first kappa shape index (κ1) is 10.5. The zero-order valence-corrected chi connectivity index (χ0v) is 7.82. The third-order valence-electron chi connectivity index (χ3n) is 2.17. The van der Waals surface area contributed by atoms with Crippen LogP contribution in [0, 0.1) is 0 Å². The van der Waals surface area contributed by atoms with Gasteiger partial charge in [-0.15, -0.1) is 0 Å². The van der Waals surface area contributed by atoms with E-state index >= 15 is 0 Å². The van der Waals surface area contributed by atoms with E-state index in [0.717, 1.165) is 0 Å². The number of rotatable bonds is 3. The van der Waals surface area contributed by atoms with Crippen molar-refractivity contribution in [2.24, 2.45) is 0 Å². The number of hydrogen-bond acceptors (Lipinski definition) is 4. The normalized spacial score (nSPS) is 34.4. The Balaban J connectivity index is 2.43. The molecule has 0 spiro atoms. The standard InChI is InChI=1S/C9H16O4/c1-9(12)5-7(3-2-4-10)13-8(11)6-9/h7,10,12H,2-6H2,1H3. The summed E-state index contributed by atoms with van der Waals surface area (Å²) in [6.07, 6.45) is 1.54. The van der Waals surface area contributed by atoms with Crippen LogP contribution in [0.1, 0.15) is 32.6 Å². The number of ether oxygens (including phenoxy) is 1. The minimum atomic E-state index is -0.935. The minimum absolute atomic E-state index is 0.0720. The van der Waals surface area contributed by atoms with E-state index in [-0.39, 0.29) is 25.1 Å². The highest BCUT2D eigenvalue weighted by Crippen LogP contribution is 2.27. The Morgan fingerprint density at radius 1 is 1.69 bits per heavy atom. The summed E-state index contributed by atoms with van der Waals surface area (Å²) in [4.78, 5) is 11.0. The van der Waals surface area contributed by atoms with Crippen molar-refractivity contribution in [3.63, 3.8) is 0 Å². The molecule has 0 aliphatic carbocycles. The first-order valence-electron chi connectivity index (χ1n) is 4.56. The second-order valence-electron chi connectivity index (χ2n) is 3.86. The van der Waals surface area contributed by atoms with E-state index in [9.17, 15) is 9.90 Å². The van der Waals surface area contributed by atoms with Gasteiger partial charge in [0.2, 0.25) is 0 Å². The van der Waals surface area contributed by atoms with Crippen molar-refractivity contribution in [1.82, 2.24) is 0 Å². The van der Waals surface area contributed by atoms with Gasteiger partial charge in [-0.2, -0.15) is 0 Å². The van der Waals surface area contributed by atoms with Gasteiger partial charge in [0.25, 0.3) is 0 Å². The summed E-state index contributed by atoms with van der Waals surface area (Å²) in [5.74, 6) is -0.348. The molecule has 4 nitrogen and oxygen atoms in total. The molecule has 2 unspecified atom stereocenters. The van der Waals surface area contributed by atoms with Gasteiger partial charge in [-0.05, 0) is 19.8 Å². The van der Waals surface area contributed by atoms with E-state index < -0.39 is 5.60 Å². The molecule has 0 aromatic rings. The van der Waals surface area contributed by atoms with Crippen LogP contribution in [0.4, 0.5) is 0 Å². The molecule has 13 heavy (non-hydrogen) atoms. The summed E-state index contributed by atoms with van der Waals surface area (Å²) in [5, 5.41) is 18.2. The molecular formula is C9H16O4. The van der Waals surface area contributed by atoms with Gasteiger partial charge in [0.15, 0.2) is 0 Å². The molecule has 0 saturated carbocycles. The maximum absolute atomic E-state index is 11.0. The van der Waals surface area contributed by atoms with E-state index in [1.165, 1.54) is 0 Å². The molecule has 1 aliphatic rings. The summed E-state index contributed by atoms with van der Waals surface area (Å²) in [6, 6.07) is 0. The van der Waals surface area contributed by atoms with Gasteiger partial charge in [-0.1, -0.05) is 0 Å². The lowest BCUT2D eigenvalue weighted by molar-refractivity contribution is -0.168. The van der Waals surface area contributed by atoms with Crippen molar-refractivity contribution in [2.45, 2.75) is 44.3 Å². The van der Waals surface area contributed by atoms with Crippen LogP contribution in [0.25, 0.3) is 0 Å². The highest BCUT2D eigenvalue weighted by Gasteiger charge is 2.35. The molecule has 2 N–H and O–H groups in total. The second kappa shape index (κ2) is 4.07. The molecule has 0 aromatic heterocycles. The molecular weight excluding hydrogens is 172 g/mol. The van der Waals surface area contributed by atoms with Gasteiger partial charge in [0, 0.05) is 13.0 Å². The van der Waals surface area contributed by atoms with Crippen LogP contribution < -0.4 is 0 Å². The summed E-state index contributed by atoms with van der Waals surface area (Å²) in [6.45, 7) is 1.73. The predicted molar refractivity (Wildman–Crippen MR) is 46.1 cm³/mol. The van der Waals surface area contributed by atoms with Crippen molar-refractivity contribution >= 4 is 5.97 Å². The largest absolute Gasteiger partial charge is 0.462 e. The molecule has 0 amide bonds. The lowest BCUT2D eigenvalue weighted by Crippen LogP contribution is -2.41. The molecule has 0 bridgehead atoms. The third-order valence-corrected chi connectivity index (χ3v) is 2.17. The van der Waals surface area contributed by atoms with Gasteiger partial charge in [0.1, 0.15) is 6.10 Å². The molecule has 1 saturated heterocycles. The molecule has 1 heterocycles. The lowest BCUT2D eigenvalue weighted by atomic mass is 9.90. The SMILES string of the molecule is CC1(O)CC(=O)OC(CCCO)C1. The Kier molecular flexibility index (Phi) is 3.27. The Labute approximate surface area is 77.5 Å². The number of cyclic esters (lactones) is 1. The van der Waals surface area contributed by atoms with E-state index in [1.807, 2.05) is 0 Å². The van der Waals surface area contributed by atoms with Gasteiger partial charge in [-0.3, -0.25) is 4.79 Å². The quantitative estimate of drug-likeness (QED) is 0.621. The Hall–Kier alpha value is -0.610. The summed E-state index contributed by atoms with van der Waals surface area (Å²) in [5.41, 5.74) is -0.935. The van der Waals surface area contributed by atoms with Gasteiger partial charge < -0.3 is 14.9 Å². The number of esters is 1. The Morgan fingerprint density at radius 3 is 2.92 bits per heavy atom. The van der Waals surface area contributed by atoms with Crippen molar-refractivity contribution in [1.29, 1.82) is 0 Å². The fourth-order valence-electron chi connectivity index (χ4n) is 1.62. The van der Waals surface area contributed by atoms with Crippen molar-refractivity contribution in [2.75, 3.05) is 6.61 Å². The van der Waals surface area contributed by atoms with Crippen LogP contribution in [0.5, 0.6) is 0 Å². The van der Waals surface area contributed by atoms with Crippen LogP contribution in [-0.2, 0) is 9.53 Å². The summed E-state index contributed by atoms with van der Waals surface area (Å²) in [7, 11) is 0. The first-order chi connectivity index (χ1) is 6.03. The van der Waals surface area contributed by atoms with Crippen LogP contribution in [0.3, 0.4) is 0 Å². The molecule has 1 rings (SSSR count). The van der Waals surface area contributed by atoms with Crippen LogP contribution in [-0.4, -0.2) is 34.5 Å². The smallest absolute Gasteiger partial charge is 0.308 e. The number of aliphatic hydroxyl groups is 2. The van der Waals surface area contributed by atoms with E-state index in [4.69, 9.17) is 9.84 Å². The van der Waals surface area contributed by atoms with Gasteiger partial charge >= 0.3 is 5.97 Å². The van der Waals surface area contributed by atoms with Crippen LogP contribution in [0.15, 0.2) is 0 Å². The molecule has 0 aromatic carbocycles. The zero-order valence-electron chi connectivity index (χ0n) is 7.82. The van der Waals surface area contributed by atoms with Gasteiger partial charge in [0.05, 0.1) is 12.0 Å². The van der Waals surface area contributed by atoms with Crippen molar-refractivity contribution in [3.8, 4) is 0 Å². The lowest BCUT2D eigenvalue weighted by Gasteiger charge is -2.33. The molecule has 1 fully saturated rings. The summed E-state index contributed by atoms with van der Waals surface area (Å²) >= 11 is 0. The molecule has 76 valence electrons. The number of carbonyl (C=O) groups excluding carboxylic acids is 1. The number of carbonyl (C=O) groups is 1. The number of aliphatic hydroxyl groups excluding tert-OH is 1. The average Bonchev–Trinajstić information content (AvgIpc) is 1.97. The van der Waals surface area contributed by atoms with Gasteiger partial charge in [-0.25, -0.2) is 0 Å². The van der Waals surface area contributed by atoms with Crippen LogP contribution in [0.2, 0.25) is 0 Å². The second-order valence-corrected chi connectivity index (χ2v) is 3.86. The van der Waals surface area contributed by atoms with E-state index in [2.05, 4.69) is 0 Å². The maximum Gasteiger partial charge on any atom is 0.308 e.